The van der Waals surface area contributed by atoms with Crippen molar-refractivity contribution in [2.24, 2.45) is 5.73 Å². The number of rotatable bonds is 8. The lowest BCUT2D eigenvalue weighted by Crippen LogP contribution is -1.92. The molecule has 1 heteroatoms. The minimum absolute atomic E-state index is 0.409. The Hall–Kier alpha value is -0.920. The molecule has 0 amide bonds. The summed E-state index contributed by atoms with van der Waals surface area (Å²) in [5.74, 6) is 11.3. The maximum absolute atomic E-state index is 5.22. The van der Waals surface area contributed by atoms with E-state index in [2.05, 4.69) is 30.6 Å². The first-order chi connectivity index (χ1) is 7.91. The smallest absolute Gasteiger partial charge is 0.0561 e. The van der Waals surface area contributed by atoms with Crippen molar-refractivity contribution in [3.8, 4) is 23.7 Å². The molecule has 0 heterocycles. The van der Waals surface area contributed by atoms with E-state index in [1.54, 1.807) is 0 Å². The lowest BCUT2D eigenvalue weighted by Gasteiger charge is -1.98. The maximum Gasteiger partial charge on any atom is 0.0561 e. The van der Waals surface area contributed by atoms with Crippen molar-refractivity contribution in [1.29, 1.82) is 0 Å². The fourth-order valence-corrected chi connectivity index (χ4v) is 1.55. The zero-order valence-corrected chi connectivity index (χ0v) is 10.6. The molecule has 0 spiro atoms. The topological polar surface area (TPSA) is 26.0 Å². The van der Waals surface area contributed by atoms with E-state index in [1.165, 1.54) is 51.4 Å². The molecule has 0 aliphatic carbocycles. The average Bonchev–Trinajstić information content (AvgIpc) is 2.31. The van der Waals surface area contributed by atoms with Gasteiger partial charge >= 0.3 is 0 Å². The van der Waals surface area contributed by atoms with Gasteiger partial charge in [0.25, 0.3) is 0 Å². The minimum atomic E-state index is 0.409. The van der Waals surface area contributed by atoms with Gasteiger partial charge in [-0.05, 0) is 18.3 Å². The van der Waals surface area contributed by atoms with Gasteiger partial charge in [0.2, 0.25) is 0 Å². The largest absolute Gasteiger partial charge is 0.320 e. The van der Waals surface area contributed by atoms with Crippen LogP contribution in [0.2, 0.25) is 0 Å². The number of hydrogen-bond acceptors (Lipinski definition) is 1. The van der Waals surface area contributed by atoms with E-state index >= 15 is 0 Å². The van der Waals surface area contributed by atoms with Gasteiger partial charge in [0.05, 0.1) is 6.54 Å². The zero-order valence-electron chi connectivity index (χ0n) is 10.6. The molecular weight excluding hydrogens is 194 g/mol. The van der Waals surface area contributed by atoms with Gasteiger partial charge in [-0.3, -0.25) is 0 Å². The van der Waals surface area contributed by atoms with Gasteiger partial charge in [-0.15, -0.1) is 0 Å². The van der Waals surface area contributed by atoms with E-state index in [4.69, 9.17) is 5.73 Å². The SMILES string of the molecule is CCCCCCCCCCC#CC#CCN. The Kier molecular flexibility index (Phi) is 13.3. The summed E-state index contributed by atoms with van der Waals surface area (Å²) in [6, 6.07) is 0. The highest BCUT2D eigenvalue weighted by molar-refractivity contribution is 5.25. The van der Waals surface area contributed by atoms with Crippen molar-refractivity contribution in [3.63, 3.8) is 0 Å². The first-order valence-corrected chi connectivity index (χ1v) is 6.57. The molecule has 16 heavy (non-hydrogen) atoms. The molecule has 0 saturated heterocycles. The Morgan fingerprint density at radius 1 is 0.750 bits per heavy atom. The Labute approximate surface area is 101 Å². The summed E-state index contributed by atoms with van der Waals surface area (Å²) in [7, 11) is 0. The molecule has 90 valence electrons. The van der Waals surface area contributed by atoms with Gasteiger partial charge in [0.1, 0.15) is 0 Å². The van der Waals surface area contributed by atoms with Crippen LogP contribution in [0.15, 0.2) is 0 Å². The summed E-state index contributed by atoms with van der Waals surface area (Å²) in [5.41, 5.74) is 5.22. The lowest BCUT2D eigenvalue weighted by atomic mass is 10.1. The van der Waals surface area contributed by atoms with Crippen molar-refractivity contribution in [1.82, 2.24) is 0 Å². The first-order valence-electron chi connectivity index (χ1n) is 6.57. The Balaban J connectivity index is 3.11. The summed E-state index contributed by atoms with van der Waals surface area (Å²) < 4.78 is 0. The Bertz CT molecular complexity index is 246. The number of nitrogens with two attached hydrogens (primary N) is 1. The van der Waals surface area contributed by atoms with Crippen molar-refractivity contribution in [2.45, 2.75) is 64.7 Å². The van der Waals surface area contributed by atoms with Gasteiger partial charge < -0.3 is 5.73 Å². The van der Waals surface area contributed by atoms with E-state index in [1.807, 2.05) is 0 Å². The van der Waals surface area contributed by atoms with Gasteiger partial charge in [0.15, 0.2) is 0 Å². The van der Waals surface area contributed by atoms with Crippen LogP contribution in [0.1, 0.15) is 64.7 Å². The van der Waals surface area contributed by atoms with Crippen molar-refractivity contribution >= 4 is 0 Å². The van der Waals surface area contributed by atoms with Crippen molar-refractivity contribution in [3.05, 3.63) is 0 Å². The summed E-state index contributed by atoms with van der Waals surface area (Å²) in [4.78, 5) is 0. The predicted molar refractivity (Wildman–Crippen MR) is 71.8 cm³/mol. The molecule has 0 atom stereocenters. The second kappa shape index (κ2) is 14.1. The second-order valence-electron chi connectivity index (χ2n) is 4.03. The number of hydrogen-bond donors (Lipinski definition) is 1. The van der Waals surface area contributed by atoms with Crippen molar-refractivity contribution < 1.29 is 0 Å². The molecule has 1 nitrogen and oxygen atoms in total. The van der Waals surface area contributed by atoms with Crippen LogP contribution in [0.3, 0.4) is 0 Å². The van der Waals surface area contributed by atoms with Gasteiger partial charge in [-0.1, -0.05) is 63.7 Å². The minimum Gasteiger partial charge on any atom is -0.320 e. The Morgan fingerprint density at radius 3 is 1.94 bits per heavy atom. The predicted octanol–water partition coefficient (Wildman–Crippen LogP) is 3.48. The lowest BCUT2D eigenvalue weighted by molar-refractivity contribution is 0.579. The zero-order chi connectivity index (χ0) is 11.9. The fourth-order valence-electron chi connectivity index (χ4n) is 1.55. The standard InChI is InChI=1S/C15H25N/c1-2-3-4-5-6-7-8-9-10-11-12-13-14-15-16/h2-10,15-16H2,1H3. The maximum atomic E-state index is 5.22. The molecule has 0 aliphatic rings. The molecule has 0 rings (SSSR count). The van der Waals surface area contributed by atoms with Gasteiger partial charge in [-0.25, -0.2) is 0 Å². The normalized spacial score (nSPS) is 8.88. The summed E-state index contributed by atoms with van der Waals surface area (Å²) >= 11 is 0. The van der Waals surface area contributed by atoms with Crippen LogP contribution in [0, 0.1) is 23.7 Å². The fraction of sp³-hybridized carbons (Fsp3) is 0.733. The van der Waals surface area contributed by atoms with Gasteiger partial charge in [0, 0.05) is 6.42 Å². The van der Waals surface area contributed by atoms with Crippen LogP contribution in [0.5, 0.6) is 0 Å². The molecule has 0 saturated carbocycles. The van der Waals surface area contributed by atoms with Crippen LogP contribution < -0.4 is 5.73 Å². The molecule has 0 aromatic rings. The molecular formula is C15H25N. The summed E-state index contributed by atoms with van der Waals surface area (Å²) in [6.07, 6.45) is 11.8. The van der Waals surface area contributed by atoms with E-state index in [9.17, 15) is 0 Å². The third-order valence-electron chi connectivity index (χ3n) is 2.50. The van der Waals surface area contributed by atoms with Crippen LogP contribution in [0.4, 0.5) is 0 Å². The highest BCUT2D eigenvalue weighted by Gasteiger charge is 1.89. The quantitative estimate of drug-likeness (QED) is 0.491. The molecule has 0 fully saturated rings. The van der Waals surface area contributed by atoms with E-state index in [0.717, 1.165) is 6.42 Å². The average molecular weight is 219 g/mol. The molecule has 0 aliphatic heterocycles. The third-order valence-corrected chi connectivity index (χ3v) is 2.50. The second-order valence-corrected chi connectivity index (χ2v) is 4.03. The molecule has 0 aromatic carbocycles. The van der Waals surface area contributed by atoms with Crippen LogP contribution in [-0.2, 0) is 0 Å². The van der Waals surface area contributed by atoms with Crippen LogP contribution >= 0.6 is 0 Å². The summed E-state index contributed by atoms with van der Waals surface area (Å²) in [6.45, 7) is 2.67. The highest BCUT2D eigenvalue weighted by atomic mass is 14.5. The van der Waals surface area contributed by atoms with Gasteiger partial charge in [-0.2, -0.15) is 0 Å². The van der Waals surface area contributed by atoms with E-state index in [0.29, 0.717) is 6.54 Å². The van der Waals surface area contributed by atoms with Crippen LogP contribution in [-0.4, -0.2) is 6.54 Å². The molecule has 0 aromatic heterocycles. The number of unbranched alkanes of at least 4 members (excludes halogenated alkanes) is 8. The molecule has 0 radical (unpaired) electrons. The third kappa shape index (κ3) is 13.1. The highest BCUT2D eigenvalue weighted by Crippen LogP contribution is 2.08. The van der Waals surface area contributed by atoms with Crippen molar-refractivity contribution in [2.75, 3.05) is 6.54 Å². The van der Waals surface area contributed by atoms with Crippen LogP contribution in [0.25, 0.3) is 0 Å². The molecule has 0 unspecified atom stereocenters. The van der Waals surface area contributed by atoms with E-state index < -0.39 is 0 Å². The van der Waals surface area contributed by atoms with E-state index in [-0.39, 0.29) is 0 Å². The summed E-state index contributed by atoms with van der Waals surface area (Å²) in [5, 5.41) is 0. The monoisotopic (exact) mass is 219 g/mol. The first kappa shape index (κ1) is 15.1. The molecule has 2 N–H and O–H groups in total. The molecule has 0 bridgehead atoms. The Morgan fingerprint density at radius 2 is 1.31 bits per heavy atom.